The predicted octanol–water partition coefficient (Wildman–Crippen LogP) is 2.41. The van der Waals surface area contributed by atoms with Gasteiger partial charge in [-0.3, -0.25) is 9.59 Å². The highest BCUT2D eigenvalue weighted by atomic mass is 16.5. The highest BCUT2D eigenvalue weighted by molar-refractivity contribution is 6.00. The molecule has 0 aliphatic carbocycles. The maximum Gasteiger partial charge on any atom is 0.323 e. The van der Waals surface area contributed by atoms with Crippen molar-refractivity contribution in [3.63, 3.8) is 0 Å². The molecule has 0 saturated carbocycles. The Kier molecular flexibility index (Phi) is 6.21. The van der Waals surface area contributed by atoms with E-state index in [1.54, 1.807) is 0 Å². The molecule has 0 N–H and O–H groups in total. The third kappa shape index (κ3) is 3.45. The van der Waals surface area contributed by atoms with Gasteiger partial charge in [-0.1, -0.05) is 27.7 Å². The number of methoxy groups -OCH3 is 2. The molecule has 0 atom stereocenters. The Hall–Kier alpha value is -1.06. The molecule has 0 fully saturated rings. The van der Waals surface area contributed by atoms with E-state index < -0.39 is 17.4 Å². The Bertz CT molecular complexity index is 253. The molecule has 0 aliphatic rings. The van der Waals surface area contributed by atoms with Gasteiger partial charge in [-0.2, -0.15) is 0 Å². The first-order valence-corrected chi connectivity index (χ1v) is 5.99. The zero-order chi connectivity index (χ0) is 13.6. The van der Waals surface area contributed by atoms with E-state index in [1.807, 2.05) is 13.8 Å². The molecule has 0 radical (unpaired) electrons. The van der Waals surface area contributed by atoms with Crippen LogP contribution in [0.25, 0.3) is 0 Å². The molecule has 0 bridgehead atoms. The Morgan fingerprint density at radius 1 is 1.00 bits per heavy atom. The third-order valence-corrected chi connectivity index (χ3v) is 3.20. The van der Waals surface area contributed by atoms with Crippen LogP contribution in [0.1, 0.15) is 40.5 Å². The van der Waals surface area contributed by atoms with Crippen LogP contribution in [0.2, 0.25) is 0 Å². The number of rotatable bonds is 6. The van der Waals surface area contributed by atoms with Gasteiger partial charge in [0.25, 0.3) is 0 Å². The molecule has 100 valence electrons. The monoisotopic (exact) mass is 244 g/mol. The molecule has 4 nitrogen and oxygen atoms in total. The lowest BCUT2D eigenvalue weighted by Crippen LogP contribution is -2.45. The highest BCUT2D eigenvalue weighted by Crippen LogP contribution is 2.37. The smallest absolute Gasteiger partial charge is 0.323 e. The van der Waals surface area contributed by atoms with Crippen LogP contribution >= 0.6 is 0 Å². The molecule has 0 spiro atoms. The Morgan fingerprint density at radius 2 is 1.41 bits per heavy atom. The minimum absolute atomic E-state index is 0.152. The van der Waals surface area contributed by atoms with Crippen LogP contribution in [0.3, 0.4) is 0 Å². The van der Waals surface area contributed by atoms with Gasteiger partial charge in [-0.25, -0.2) is 0 Å². The van der Waals surface area contributed by atoms with Gasteiger partial charge in [0.05, 0.1) is 14.2 Å². The van der Waals surface area contributed by atoms with Gasteiger partial charge in [0.15, 0.2) is 5.41 Å². The normalized spacial score (nSPS) is 11.8. The van der Waals surface area contributed by atoms with E-state index in [2.05, 4.69) is 13.8 Å². The van der Waals surface area contributed by atoms with Crippen LogP contribution < -0.4 is 0 Å². The lowest BCUT2D eigenvalue weighted by atomic mass is 9.72. The van der Waals surface area contributed by atoms with Crippen LogP contribution in [0.4, 0.5) is 0 Å². The van der Waals surface area contributed by atoms with Crippen molar-refractivity contribution in [3.05, 3.63) is 0 Å². The van der Waals surface area contributed by atoms with Crippen molar-refractivity contribution >= 4 is 11.9 Å². The minimum Gasteiger partial charge on any atom is -0.468 e. The molecule has 0 amide bonds. The number of hydrogen-bond donors (Lipinski definition) is 0. The van der Waals surface area contributed by atoms with Crippen molar-refractivity contribution in [2.45, 2.75) is 40.5 Å². The molecule has 0 aromatic carbocycles. The van der Waals surface area contributed by atoms with E-state index in [1.165, 1.54) is 14.2 Å². The number of carbonyl (C=O) groups is 2. The van der Waals surface area contributed by atoms with Crippen LogP contribution in [-0.4, -0.2) is 26.2 Å². The summed E-state index contributed by atoms with van der Waals surface area (Å²) in [6, 6.07) is 0. The maximum atomic E-state index is 12.0. The molecule has 0 aromatic rings. The summed E-state index contributed by atoms with van der Waals surface area (Å²) in [6.45, 7) is 7.79. The van der Waals surface area contributed by atoms with Crippen molar-refractivity contribution in [1.82, 2.24) is 0 Å². The first-order chi connectivity index (χ1) is 7.82. The Balaban J connectivity index is 5.25. The van der Waals surface area contributed by atoms with Crippen LogP contribution in [-0.2, 0) is 19.1 Å². The molecule has 4 heteroatoms. The summed E-state index contributed by atoms with van der Waals surface area (Å²) in [7, 11) is 2.61. The largest absolute Gasteiger partial charge is 0.468 e. The second-order valence-electron chi connectivity index (χ2n) is 5.04. The number of carbonyl (C=O) groups excluding carboxylic acids is 2. The third-order valence-electron chi connectivity index (χ3n) is 3.20. The van der Waals surface area contributed by atoms with Gasteiger partial charge in [-0.15, -0.1) is 0 Å². The summed E-state index contributed by atoms with van der Waals surface area (Å²) in [5.74, 6) is -0.733. The maximum absolute atomic E-state index is 12.0. The molecular weight excluding hydrogens is 220 g/mol. The molecule has 17 heavy (non-hydrogen) atoms. The van der Waals surface area contributed by atoms with Crippen molar-refractivity contribution in [1.29, 1.82) is 0 Å². The number of hydrogen-bond acceptors (Lipinski definition) is 4. The molecule has 0 saturated heterocycles. The molecule has 0 unspecified atom stereocenters. The fraction of sp³-hybridized carbons (Fsp3) is 0.846. The van der Waals surface area contributed by atoms with E-state index in [4.69, 9.17) is 9.47 Å². The van der Waals surface area contributed by atoms with Crippen molar-refractivity contribution in [2.24, 2.45) is 17.3 Å². The van der Waals surface area contributed by atoms with Crippen LogP contribution in [0.5, 0.6) is 0 Å². The SMILES string of the molecule is COC(=O)C(CCC(C)C)(C(=O)OC)C(C)C. The fourth-order valence-corrected chi connectivity index (χ4v) is 1.93. The number of ether oxygens (including phenoxy) is 2. The zero-order valence-corrected chi connectivity index (χ0v) is 11.7. The first-order valence-electron chi connectivity index (χ1n) is 5.99. The first kappa shape index (κ1) is 15.9. The van der Waals surface area contributed by atoms with E-state index in [0.717, 1.165) is 6.42 Å². The highest BCUT2D eigenvalue weighted by Gasteiger charge is 2.50. The van der Waals surface area contributed by atoms with E-state index in [9.17, 15) is 9.59 Å². The quantitative estimate of drug-likeness (QED) is 0.532. The van der Waals surface area contributed by atoms with Crippen molar-refractivity contribution in [3.8, 4) is 0 Å². The molecule has 0 aromatic heterocycles. The molecule has 0 aliphatic heterocycles. The second-order valence-corrected chi connectivity index (χ2v) is 5.04. The van der Waals surface area contributed by atoms with Gasteiger partial charge in [0.1, 0.15) is 0 Å². The van der Waals surface area contributed by atoms with E-state index in [-0.39, 0.29) is 5.92 Å². The summed E-state index contributed by atoms with van der Waals surface area (Å²) in [6.07, 6.45) is 1.24. The topological polar surface area (TPSA) is 52.6 Å². The molecular formula is C13H24O4. The molecule has 0 rings (SSSR count). The standard InChI is InChI=1S/C13H24O4/c1-9(2)7-8-13(10(3)4,11(14)16-5)12(15)17-6/h9-10H,7-8H2,1-6H3. The lowest BCUT2D eigenvalue weighted by Gasteiger charge is -2.32. The zero-order valence-electron chi connectivity index (χ0n) is 11.7. The average Bonchev–Trinajstić information content (AvgIpc) is 2.27. The van der Waals surface area contributed by atoms with Gasteiger partial charge in [0, 0.05) is 0 Å². The number of esters is 2. The molecule has 0 heterocycles. The minimum atomic E-state index is -1.17. The van der Waals surface area contributed by atoms with Gasteiger partial charge >= 0.3 is 11.9 Å². The van der Waals surface area contributed by atoms with Gasteiger partial charge in [0.2, 0.25) is 0 Å². The summed E-state index contributed by atoms with van der Waals surface area (Å²) in [5, 5.41) is 0. The lowest BCUT2D eigenvalue weighted by molar-refractivity contribution is -0.173. The predicted molar refractivity (Wildman–Crippen MR) is 65.4 cm³/mol. The Morgan fingerprint density at radius 3 is 1.65 bits per heavy atom. The summed E-state index contributed by atoms with van der Waals surface area (Å²) in [5.41, 5.74) is -1.17. The average molecular weight is 244 g/mol. The summed E-state index contributed by atoms with van der Waals surface area (Å²) in [4.78, 5) is 23.9. The summed E-state index contributed by atoms with van der Waals surface area (Å²) < 4.78 is 9.59. The Labute approximate surface area is 104 Å². The van der Waals surface area contributed by atoms with Gasteiger partial charge < -0.3 is 9.47 Å². The second kappa shape index (κ2) is 6.62. The fourth-order valence-electron chi connectivity index (χ4n) is 1.93. The van der Waals surface area contributed by atoms with Crippen molar-refractivity contribution < 1.29 is 19.1 Å². The van der Waals surface area contributed by atoms with Crippen LogP contribution in [0.15, 0.2) is 0 Å². The van der Waals surface area contributed by atoms with E-state index in [0.29, 0.717) is 12.3 Å². The van der Waals surface area contributed by atoms with Crippen molar-refractivity contribution in [2.75, 3.05) is 14.2 Å². The van der Waals surface area contributed by atoms with Gasteiger partial charge in [-0.05, 0) is 24.7 Å². The van der Waals surface area contributed by atoms with E-state index >= 15 is 0 Å². The van der Waals surface area contributed by atoms with Crippen LogP contribution in [0, 0.1) is 17.3 Å². The summed E-state index contributed by atoms with van der Waals surface area (Å²) >= 11 is 0.